The van der Waals surface area contributed by atoms with Crippen molar-refractivity contribution in [3.63, 3.8) is 0 Å². The Morgan fingerprint density at radius 1 is 1.33 bits per heavy atom. The van der Waals surface area contributed by atoms with Gasteiger partial charge in [0.2, 0.25) is 5.88 Å². The first-order chi connectivity index (χ1) is 7.25. The van der Waals surface area contributed by atoms with E-state index in [1.165, 1.54) is 19.3 Å². The molecule has 1 saturated carbocycles. The smallest absolute Gasteiger partial charge is 0.232 e. The van der Waals surface area contributed by atoms with Crippen LogP contribution in [0.5, 0.6) is 5.88 Å². The van der Waals surface area contributed by atoms with Crippen LogP contribution in [0.2, 0.25) is 5.02 Å². The minimum absolute atomic E-state index is 0.312. The van der Waals surface area contributed by atoms with Crippen LogP contribution in [0.25, 0.3) is 0 Å². The van der Waals surface area contributed by atoms with E-state index in [-0.39, 0.29) is 0 Å². The molecule has 1 fully saturated rings. The Morgan fingerprint density at radius 3 is 2.73 bits per heavy atom. The van der Waals surface area contributed by atoms with Gasteiger partial charge in [0, 0.05) is 6.20 Å². The molecule has 1 aliphatic rings. The molecule has 15 heavy (non-hydrogen) atoms. The number of ether oxygens (including phenoxy) is 1. The fraction of sp³-hybridized carbons (Fsp3) is 0.583. The minimum Gasteiger partial charge on any atom is -0.473 e. The lowest BCUT2D eigenvalue weighted by atomic mass is 9.98. The third kappa shape index (κ3) is 2.85. The number of aryl methyl sites for hydroxylation is 1. The van der Waals surface area contributed by atoms with Crippen LogP contribution in [0.1, 0.15) is 37.7 Å². The molecular weight excluding hydrogens is 210 g/mol. The average molecular weight is 226 g/mol. The lowest BCUT2D eigenvalue weighted by Gasteiger charge is -2.22. The highest BCUT2D eigenvalue weighted by Crippen LogP contribution is 2.27. The number of rotatable bonds is 2. The Hall–Kier alpha value is -0.760. The van der Waals surface area contributed by atoms with Gasteiger partial charge in [-0.1, -0.05) is 18.0 Å². The summed E-state index contributed by atoms with van der Waals surface area (Å²) < 4.78 is 5.80. The summed E-state index contributed by atoms with van der Waals surface area (Å²) in [4.78, 5) is 4.22. The predicted octanol–water partition coefficient (Wildman–Crippen LogP) is 3.75. The average Bonchev–Trinajstić information content (AvgIpc) is 2.24. The first kappa shape index (κ1) is 10.7. The number of pyridine rings is 1. The monoisotopic (exact) mass is 225 g/mol. The molecule has 3 heteroatoms. The van der Waals surface area contributed by atoms with Crippen LogP contribution in [0, 0.1) is 6.92 Å². The summed E-state index contributed by atoms with van der Waals surface area (Å²) in [5.74, 6) is 0.592. The van der Waals surface area contributed by atoms with E-state index in [0.29, 0.717) is 17.0 Å². The Labute approximate surface area is 95.6 Å². The van der Waals surface area contributed by atoms with Crippen molar-refractivity contribution < 1.29 is 4.74 Å². The second-order valence-electron chi connectivity index (χ2n) is 4.18. The van der Waals surface area contributed by atoms with E-state index in [0.717, 1.165) is 18.4 Å². The quantitative estimate of drug-likeness (QED) is 0.765. The van der Waals surface area contributed by atoms with Gasteiger partial charge in [0.15, 0.2) is 0 Å². The van der Waals surface area contributed by atoms with Gasteiger partial charge in [-0.15, -0.1) is 0 Å². The second kappa shape index (κ2) is 4.84. The number of aromatic nitrogens is 1. The highest BCUT2D eigenvalue weighted by molar-refractivity contribution is 6.31. The molecular formula is C12H16ClNO. The van der Waals surface area contributed by atoms with E-state index in [4.69, 9.17) is 16.3 Å². The van der Waals surface area contributed by atoms with Gasteiger partial charge in [-0.05, 0) is 44.2 Å². The lowest BCUT2D eigenvalue weighted by Crippen LogP contribution is -2.20. The highest BCUT2D eigenvalue weighted by atomic mass is 35.5. The zero-order valence-electron chi connectivity index (χ0n) is 9.00. The molecule has 0 spiro atoms. The molecule has 0 bridgehead atoms. The van der Waals surface area contributed by atoms with Crippen molar-refractivity contribution in [2.24, 2.45) is 0 Å². The minimum atomic E-state index is 0.312. The Bertz CT molecular complexity index is 334. The van der Waals surface area contributed by atoms with Crippen LogP contribution in [-0.2, 0) is 0 Å². The molecule has 82 valence electrons. The maximum absolute atomic E-state index is 6.06. The Balaban J connectivity index is 2.03. The number of nitrogens with zero attached hydrogens (tertiary/aromatic N) is 1. The van der Waals surface area contributed by atoms with Gasteiger partial charge < -0.3 is 4.74 Å². The molecule has 1 heterocycles. The molecule has 0 radical (unpaired) electrons. The fourth-order valence-corrected chi connectivity index (χ4v) is 2.21. The Kier molecular flexibility index (Phi) is 3.47. The predicted molar refractivity (Wildman–Crippen MR) is 61.5 cm³/mol. The van der Waals surface area contributed by atoms with Gasteiger partial charge >= 0.3 is 0 Å². The van der Waals surface area contributed by atoms with Crippen molar-refractivity contribution in [2.45, 2.75) is 45.1 Å². The molecule has 1 aromatic rings. The lowest BCUT2D eigenvalue weighted by molar-refractivity contribution is 0.149. The number of hydrogen-bond donors (Lipinski definition) is 0. The van der Waals surface area contributed by atoms with Gasteiger partial charge in [-0.25, -0.2) is 4.98 Å². The molecule has 0 aliphatic heterocycles. The molecule has 0 aromatic carbocycles. The van der Waals surface area contributed by atoms with Gasteiger partial charge in [-0.2, -0.15) is 0 Å². The summed E-state index contributed by atoms with van der Waals surface area (Å²) in [5, 5.41) is 0.626. The third-order valence-corrected chi connectivity index (χ3v) is 3.05. The maximum Gasteiger partial charge on any atom is 0.232 e. The summed E-state index contributed by atoms with van der Waals surface area (Å²) >= 11 is 6.06. The van der Waals surface area contributed by atoms with Crippen LogP contribution >= 0.6 is 11.6 Å². The fourth-order valence-electron chi connectivity index (χ4n) is 1.95. The number of halogens is 1. The van der Waals surface area contributed by atoms with Crippen LogP contribution in [0.3, 0.4) is 0 Å². The molecule has 0 atom stereocenters. The molecule has 0 saturated heterocycles. The third-order valence-electron chi connectivity index (χ3n) is 2.77. The summed E-state index contributed by atoms with van der Waals surface area (Å²) in [6.45, 7) is 1.98. The summed E-state index contributed by atoms with van der Waals surface area (Å²) in [5.41, 5.74) is 1.07. The molecule has 1 aliphatic carbocycles. The zero-order chi connectivity index (χ0) is 10.7. The standard InChI is InChI=1S/C12H16ClNO/c1-9-7-11(13)12(14-8-9)15-10-5-3-2-4-6-10/h7-8,10H,2-6H2,1H3. The van der Waals surface area contributed by atoms with E-state index in [9.17, 15) is 0 Å². The zero-order valence-corrected chi connectivity index (χ0v) is 9.76. The topological polar surface area (TPSA) is 22.1 Å². The van der Waals surface area contributed by atoms with Crippen LogP contribution in [-0.4, -0.2) is 11.1 Å². The van der Waals surface area contributed by atoms with Gasteiger partial charge in [-0.3, -0.25) is 0 Å². The van der Waals surface area contributed by atoms with Crippen molar-refractivity contribution >= 4 is 11.6 Å². The first-order valence-corrected chi connectivity index (χ1v) is 5.92. The SMILES string of the molecule is Cc1cnc(OC2CCCCC2)c(Cl)c1. The Morgan fingerprint density at radius 2 is 2.07 bits per heavy atom. The molecule has 0 amide bonds. The van der Waals surface area contributed by atoms with Crippen molar-refractivity contribution in [3.05, 3.63) is 22.8 Å². The summed E-state index contributed by atoms with van der Waals surface area (Å²) in [7, 11) is 0. The van der Waals surface area contributed by atoms with E-state index < -0.39 is 0 Å². The summed E-state index contributed by atoms with van der Waals surface area (Å²) in [6, 6.07) is 1.90. The molecule has 0 unspecified atom stereocenters. The van der Waals surface area contributed by atoms with Crippen molar-refractivity contribution in [1.82, 2.24) is 4.98 Å². The largest absolute Gasteiger partial charge is 0.473 e. The first-order valence-electron chi connectivity index (χ1n) is 5.54. The molecule has 2 rings (SSSR count). The second-order valence-corrected chi connectivity index (χ2v) is 4.58. The van der Waals surface area contributed by atoms with Crippen molar-refractivity contribution in [1.29, 1.82) is 0 Å². The maximum atomic E-state index is 6.06. The van der Waals surface area contributed by atoms with Gasteiger partial charge in [0.1, 0.15) is 11.1 Å². The van der Waals surface area contributed by atoms with Crippen LogP contribution in [0.15, 0.2) is 12.3 Å². The number of hydrogen-bond acceptors (Lipinski definition) is 2. The van der Waals surface area contributed by atoms with E-state index in [1.807, 2.05) is 13.0 Å². The highest BCUT2D eigenvalue weighted by Gasteiger charge is 2.16. The van der Waals surface area contributed by atoms with Gasteiger partial charge in [0.25, 0.3) is 0 Å². The van der Waals surface area contributed by atoms with Crippen molar-refractivity contribution in [3.8, 4) is 5.88 Å². The van der Waals surface area contributed by atoms with E-state index in [2.05, 4.69) is 4.98 Å². The van der Waals surface area contributed by atoms with Crippen LogP contribution < -0.4 is 4.74 Å². The van der Waals surface area contributed by atoms with E-state index >= 15 is 0 Å². The summed E-state index contributed by atoms with van der Waals surface area (Å²) in [6.07, 6.45) is 8.21. The molecule has 1 aromatic heterocycles. The normalized spacial score (nSPS) is 17.7. The molecule has 2 nitrogen and oxygen atoms in total. The van der Waals surface area contributed by atoms with E-state index in [1.54, 1.807) is 6.20 Å². The van der Waals surface area contributed by atoms with Crippen molar-refractivity contribution in [2.75, 3.05) is 0 Å². The van der Waals surface area contributed by atoms with Gasteiger partial charge in [0.05, 0.1) is 0 Å². The molecule has 0 N–H and O–H groups in total. The van der Waals surface area contributed by atoms with Crippen LogP contribution in [0.4, 0.5) is 0 Å².